The number of pyridine rings is 1. The Morgan fingerprint density at radius 2 is 2.26 bits per heavy atom. The molecule has 2 N–H and O–H groups in total. The minimum Gasteiger partial charge on any atom is -0.468 e. The standard InChI is InChI=1S/C14H18F3N3O3/c15-14(16,17)9-23-12-10(3-1-5-18-12)7-19-13(21)20-8-11-4-2-6-22-11/h1,3,5,11H,2,4,6-9H2,(H2,19,20,21)/t11-/m1/s1. The number of nitrogens with one attached hydrogen (secondary N) is 2. The van der Waals surface area contributed by atoms with Crippen LogP contribution in [0.4, 0.5) is 18.0 Å². The molecule has 9 heteroatoms. The maximum Gasteiger partial charge on any atom is 0.422 e. The molecule has 6 nitrogen and oxygen atoms in total. The van der Waals surface area contributed by atoms with Crippen molar-refractivity contribution in [3.05, 3.63) is 23.9 Å². The van der Waals surface area contributed by atoms with Crippen molar-refractivity contribution in [1.82, 2.24) is 15.6 Å². The zero-order valence-electron chi connectivity index (χ0n) is 12.4. The van der Waals surface area contributed by atoms with Crippen LogP contribution in [-0.2, 0) is 11.3 Å². The molecule has 2 amide bonds. The molecule has 1 atom stereocenters. The molecule has 0 aromatic carbocycles. The van der Waals surface area contributed by atoms with E-state index in [0.717, 1.165) is 12.8 Å². The first-order chi connectivity index (χ1) is 10.9. The van der Waals surface area contributed by atoms with Crippen LogP contribution in [0.5, 0.6) is 5.88 Å². The van der Waals surface area contributed by atoms with Gasteiger partial charge in [0.1, 0.15) is 0 Å². The SMILES string of the molecule is O=C(NCc1cccnc1OCC(F)(F)F)NC[C@H]1CCCO1. The van der Waals surface area contributed by atoms with Crippen LogP contribution in [0.1, 0.15) is 18.4 Å². The third-order valence-corrected chi connectivity index (χ3v) is 3.18. The molecule has 0 bridgehead atoms. The van der Waals surface area contributed by atoms with Crippen molar-refractivity contribution in [3.63, 3.8) is 0 Å². The number of hydrogen-bond donors (Lipinski definition) is 2. The van der Waals surface area contributed by atoms with Crippen molar-refractivity contribution in [2.24, 2.45) is 0 Å². The summed E-state index contributed by atoms with van der Waals surface area (Å²) in [6.45, 7) is -0.319. The van der Waals surface area contributed by atoms with Crippen molar-refractivity contribution in [1.29, 1.82) is 0 Å². The average molecular weight is 333 g/mol. The van der Waals surface area contributed by atoms with Gasteiger partial charge in [-0.15, -0.1) is 0 Å². The summed E-state index contributed by atoms with van der Waals surface area (Å²) in [4.78, 5) is 15.4. The predicted octanol–water partition coefficient (Wildman–Crippen LogP) is 2.00. The Balaban J connectivity index is 1.78. The molecule has 0 spiro atoms. The van der Waals surface area contributed by atoms with E-state index >= 15 is 0 Å². The van der Waals surface area contributed by atoms with Crippen molar-refractivity contribution in [2.45, 2.75) is 31.7 Å². The topological polar surface area (TPSA) is 72.5 Å². The Hall–Kier alpha value is -2.03. The van der Waals surface area contributed by atoms with Crippen LogP contribution < -0.4 is 15.4 Å². The fourth-order valence-electron chi connectivity index (χ4n) is 2.09. The molecule has 1 aromatic heterocycles. The van der Waals surface area contributed by atoms with E-state index in [4.69, 9.17) is 4.74 Å². The molecule has 0 saturated carbocycles. The third kappa shape index (κ3) is 6.31. The summed E-state index contributed by atoms with van der Waals surface area (Å²) in [5.74, 6) is -0.149. The number of hydrogen-bond acceptors (Lipinski definition) is 4. The fourth-order valence-corrected chi connectivity index (χ4v) is 2.09. The summed E-state index contributed by atoms with van der Waals surface area (Å²) >= 11 is 0. The number of aromatic nitrogens is 1. The Morgan fingerprint density at radius 1 is 1.43 bits per heavy atom. The summed E-state index contributed by atoms with van der Waals surface area (Å²) in [6, 6.07) is 2.67. The highest BCUT2D eigenvalue weighted by Crippen LogP contribution is 2.19. The number of rotatable bonds is 6. The van der Waals surface area contributed by atoms with E-state index in [-0.39, 0.29) is 18.5 Å². The molecule has 0 radical (unpaired) electrons. The molecule has 0 unspecified atom stereocenters. The average Bonchev–Trinajstić information content (AvgIpc) is 3.02. The van der Waals surface area contributed by atoms with Crippen LogP contribution in [0.3, 0.4) is 0 Å². The number of halogens is 3. The summed E-state index contributed by atoms with van der Waals surface area (Å²) in [5.41, 5.74) is 0.365. The lowest BCUT2D eigenvalue weighted by Gasteiger charge is -2.14. The number of alkyl halides is 3. The largest absolute Gasteiger partial charge is 0.468 e. The smallest absolute Gasteiger partial charge is 0.422 e. The van der Waals surface area contributed by atoms with Gasteiger partial charge in [0.2, 0.25) is 5.88 Å². The second-order valence-electron chi connectivity index (χ2n) is 5.07. The van der Waals surface area contributed by atoms with Crippen molar-refractivity contribution < 1.29 is 27.4 Å². The molecule has 23 heavy (non-hydrogen) atoms. The number of carbonyl (C=O) groups is 1. The van der Waals surface area contributed by atoms with E-state index in [9.17, 15) is 18.0 Å². The minimum atomic E-state index is -4.44. The van der Waals surface area contributed by atoms with Gasteiger partial charge in [-0.3, -0.25) is 0 Å². The number of carbonyl (C=O) groups excluding carboxylic acids is 1. The second-order valence-corrected chi connectivity index (χ2v) is 5.07. The molecule has 1 aromatic rings. The van der Waals surface area contributed by atoms with Crippen LogP contribution in [0.25, 0.3) is 0 Å². The highest BCUT2D eigenvalue weighted by molar-refractivity contribution is 5.73. The minimum absolute atomic E-state index is 0.0123. The number of nitrogens with zero attached hydrogens (tertiary/aromatic N) is 1. The van der Waals surface area contributed by atoms with Crippen molar-refractivity contribution in [3.8, 4) is 5.88 Å². The first-order valence-electron chi connectivity index (χ1n) is 7.21. The maximum atomic E-state index is 12.2. The van der Waals surface area contributed by atoms with Crippen LogP contribution in [0, 0.1) is 0 Å². The van der Waals surface area contributed by atoms with Gasteiger partial charge in [0, 0.05) is 31.5 Å². The first kappa shape index (κ1) is 17.3. The zero-order chi connectivity index (χ0) is 16.7. The van der Waals surface area contributed by atoms with Crippen LogP contribution in [-0.4, -0.2) is 43.1 Å². The second kappa shape index (κ2) is 8.00. The summed E-state index contributed by atoms with van der Waals surface area (Å²) in [7, 11) is 0. The highest BCUT2D eigenvalue weighted by atomic mass is 19.4. The molecule has 2 rings (SSSR count). The molecule has 1 saturated heterocycles. The van der Waals surface area contributed by atoms with Crippen molar-refractivity contribution in [2.75, 3.05) is 19.8 Å². The van der Waals surface area contributed by atoms with E-state index in [2.05, 4.69) is 20.4 Å². The van der Waals surface area contributed by atoms with Gasteiger partial charge >= 0.3 is 12.2 Å². The van der Waals surface area contributed by atoms with Gasteiger partial charge in [0.05, 0.1) is 6.10 Å². The fraction of sp³-hybridized carbons (Fsp3) is 0.571. The van der Waals surface area contributed by atoms with Gasteiger partial charge in [-0.05, 0) is 18.9 Å². The molecule has 1 aliphatic rings. The normalized spacial score (nSPS) is 17.8. The molecule has 1 fully saturated rings. The Morgan fingerprint density at radius 3 is 2.96 bits per heavy atom. The van der Waals surface area contributed by atoms with E-state index in [1.807, 2.05) is 0 Å². The van der Waals surface area contributed by atoms with Gasteiger partial charge in [-0.1, -0.05) is 6.07 Å². The number of urea groups is 1. The van der Waals surface area contributed by atoms with Gasteiger partial charge in [0.15, 0.2) is 6.61 Å². The zero-order valence-corrected chi connectivity index (χ0v) is 12.4. The van der Waals surface area contributed by atoms with E-state index in [1.54, 1.807) is 12.1 Å². The molecule has 1 aliphatic heterocycles. The first-order valence-corrected chi connectivity index (χ1v) is 7.21. The molecular formula is C14H18F3N3O3. The van der Waals surface area contributed by atoms with Gasteiger partial charge in [-0.2, -0.15) is 13.2 Å². The van der Waals surface area contributed by atoms with Crippen LogP contribution >= 0.6 is 0 Å². The van der Waals surface area contributed by atoms with Crippen molar-refractivity contribution >= 4 is 6.03 Å². The quantitative estimate of drug-likeness (QED) is 0.835. The van der Waals surface area contributed by atoms with Gasteiger partial charge in [0.25, 0.3) is 0 Å². The van der Waals surface area contributed by atoms with Crippen LogP contribution in [0.15, 0.2) is 18.3 Å². The number of ether oxygens (including phenoxy) is 2. The molecule has 2 heterocycles. The summed E-state index contributed by atoms with van der Waals surface area (Å²) in [5, 5.41) is 5.21. The number of amides is 2. The molecule has 0 aliphatic carbocycles. The van der Waals surface area contributed by atoms with E-state index in [0.29, 0.717) is 18.7 Å². The van der Waals surface area contributed by atoms with E-state index < -0.39 is 18.8 Å². The Bertz CT molecular complexity index is 519. The predicted molar refractivity (Wildman–Crippen MR) is 75.0 cm³/mol. The monoisotopic (exact) mass is 333 g/mol. The summed E-state index contributed by atoms with van der Waals surface area (Å²) < 4.78 is 46.6. The van der Waals surface area contributed by atoms with Gasteiger partial charge in [-0.25, -0.2) is 9.78 Å². The third-order valence-electron chi connectivity index (χ3n) is 3.18. The Kier molecular flexibility index (Phi) is 6.03. The lowest BCUT2D eigenvalue weighted by Crippen LogP contribution is -2.39. The van der Waals surface area contributed by atoms with Crippen LogP contribution in [0.2, 0.25) is 0 Å². The Labute approximate surface area is 131 Å². The molecular weight excluding hydrogens is 315 g/mol. The van der Waals surface area contributed by atoms with Gasteiger partial charge < -0.3 is 20.1 Å². The lowest BCUT2D eigenvalue weighted by atomic mass is 10.2. The summed E-state index contributed by atoms with van der Waals surface area (Å²) in [6.07, 6.45) is -1.22. The highest BCUT2D eigenvalue weighted by Gasteiger charge is 2.29. The lowest BCUT2D eigenvalue weighted by molar-refractivity contribution is -0.154. The molecule has 128 valence electrons. The maximum absolute atomic E-state index is 12.2. The van der Waals surface area contributed by atoms with E-state index in [1.165, 1.54) is 6.20 Å².